The highest BCUT2D eigenvalue weighted by Gasteiger charge is 2.22. The molecular weight excluding hydrogens is 280 g/mol. The number of hydrogen-bond donors (Lipinski definition) is 0. The first-order valence-electron chi connectivity index (χ1n) is 7.98. The fourth-order valence-electron chi connectivity index (χ4n) is 3.07. The third-order valence-electron chi connectivity index (χ3n) is 4.37. The average molecular weight is 304 g/mol. The minimum atomic E-state index is 0.353. The van der Waals surface area contributed by atoms with Gasteiger partial charge in [-0.3, -0.25) is 0 Å². The molecule has 0 N–H and O–H groups in total. The molecule has 4 heteroatoms. The van der Waals surface area contributed by atoms with Crippen LogP contribution in [0.5, 0.6) is 5.75 Å². The summed E-state index contributed by atoms with van der Waals surface area (Å²) in [4.78, 5) is 5.63. The second kappa shape index (κ2) is 5.91. The van der Waals surface area contributed by atoms with Crippen molar-refractivity contribution in [2.45, 2.75) is 65.4 Å². The van der Waals surface area contributed by atoms with Gasteiger partial charge in [-0.1, -0.05) is 20.8 Å². The monoisotopic (exact) mass is 304 g/mol. The van der Waals surface area contributed by atoms with Crippen LogP contribution in [0.4, 0.5) is 0 Å². The van der Waals surface area contributed by atoms with Gasteiger partial charge in [0.05, 0.1) is 17.2 Å². The maximum absolute atomic E-state index is 6.37. The molecule has 1 fully saturated rings. The zero-order valence-corrected chi connectivity index (χ0v) is 14.2. The molecule has 0 atom stereocenters. The van der Waals surface area contributed by atoms with Crippen LogP contribution in [0.15, 0.2) is 6.07 Å². The lowest BCUT2D eigenvalue weighted by molar-refractivity contribution is 0.137. The first kappa shape index (κ1) is 14.8. The van der Waals surface area contributed by atoms with Crippen molar-refractivity contribution >= 4 is 21.7 Å². The fourth-order valence-corrected chi connectivity index (χ4v) is 4.04. The van der Waals surface area contributed by atoms with E-state index >= 15 is 0 Å². The Hall–Kier alpha value is -1.16. The summed E-state index contributed by atoms with van der Waals surface area (Å²) in [6.07, 6.45) is 5.23. The molecule has 1 aliphatic carbocycles. The lowest BCUT2D eigenvalue weighted by atomic mass is 9.89. The summed E-state index contributed by atoms with van der Waals surface area (Å²) in [7, 11) is 0. The molecule has 0 bridgehead atoms. The molecule has 21 heavy (non-hydrogen) atoms. The summed E-state index contributed by atoms with van der Waals surface area (Å²) in [5.41, 5.74) is 2.14. The van der Waals surface area contributed by atoms with Crippen molar-refractivity contribution < 1.29 is 4.74 Å². The van der Waals surface area contributed by atoms with Crippen LogP contribution in [0.2, 0.25) is 0 Å². The van der Waals surface area contributed by atoms with Gasteiger partial charge in [0.15, 0.2) is 0 Å². The highest BCUT2D eigenvalue weighted by molar-refractivity contribution is 7.13. The van der Waals surface area contributed by atoms with Crippen LogP contribution >= 0.6 is 11.5 Å². The summed E-state index contributed by atoms with van der Waals surface area (Å²) in [6.45, 7) is 8.73. The Morgan fingerprint density at radius 2 is 1.95 bits per heavy atom. The molecule has 3 nitrogen and oxygen atoms in total. The number of aromatic nitrogens is 2. The number of rotatable bonds is 3. The van der Waals surface area contributed by atoms with Gasteiger partial charge in [0.25, 0.3) is 0 Å². The summed E-state index contributed by atoms with van der Waals surface area (Å²) in [6, 6.07) is 2.08. The third-order valence-corrected chi connectivity index (χ3v) is 5.12. The van der Waals surface area contributed by atoms with Gasteiger partial charge in [-0.2, -0.15) is 4.37 Å². The van der Waals surface area contributed by atoms with E-state index in [-0.39, 0.29) is 0 Å². The number of hydrogen-bond acceptors (Lipinski definition) is 4. The van der Waals surface area contributed by atoms with E-state index in [1.54, 1.807) is 0 Å². The van der Waals surface area contributed by atoms with Crippen LogP contribution < -0.4 is 4.74 Å². The normalized spacial score (nSPS) is 22.9. The molecule has 0 aromatic carbocycles. The second-order valence-electron chi connectivity index (χ2n) is 6.66. The largest absolute Gasteiger partial charge is 0.490 e. The van der Waals surface area contributed by atoms with Crippen molar-refractivity contribution in [3.63, 3.8) is 0 Å². The number of pyridine rings is 1. The molecule has 0 unspecified atom stereocenters. The van der Waals surface area contributed by atoms with E-state index in [0.29, 0.717) is 12.0 Å². The lowest BCUT2D eigenvalue weighted by Gasteiger charge is -2.27. The van der Waals surface area contributed by atoms with E-state index in [2.05, 4.69) is 36.2 Å². The van der Waals surface area contributed by atoms with Gasteiger partial charge < -0.3 is 4.74 Å². The molecule has 1 saturated carbocycles. The number of aryl methyl sites for hydroxylation is 1. The van der Waals surface area contributed by atoms with Crippen LogP contribution in [0.25, 0.3) is 10.2 Å². The van der Waals surface area contributed by atoms with Gasteiger partial charge in [-0.15, -0.1) is 0 Å². The van der Waals surface area contributed by atoms with Crippen molar-refractivity contribution in [2.24, 2.45) is 5.92 Å². The Morgan fingerprint density at radius 3 is 2.62 bits per heavy atom. The zero-order chi connectivity index (χ0) is 15.0. The quantitative estimate of drug-likeness (QED) is 0.793. The number of nitrogens with zero attached hydrogens (tertiary/aromatic N) is 2. The molecule has 3 rings (SSSR count). The Morgan fingerprint density at radius 1 is 1.24 bits per heavy atom. The van der Waals surface area contributed by atoms with Crippen LogP contribution in [0.1, 0.15) is 63.8 Å². The second-order valence-corrected chi connectivity index (χ2v) is 7.42. The SMILES string of the molecule is Cc1cc(O[C@H]2CC[C@H](C)CC2)c2c(C(C)C)nsc2n1. The summed E-state index contributed by atoms with van der Waals surface area (Å²) >= 11 is 1.49. The van der Waals surface area contributed by atoms with Crippen LogP contribution in [-0.2, 0) is 0 Å². The third kappa shape index (κ3) is 3.05. The Bertz CT molecular complexity index is 627. The van der Waals surface area contributed by atoms with Crippen LogP contribution in [0.3, 0.4) is 0 Å². The van der Waals surface area contributed by atoms with Crippen molar-refractivity contribution in [1.82, 2.24) is 9.36 Å². The van der Waals surface area contributed by atoms with Crippen molar-refractivity contribution in [2.75, 3.05) is 0 Å². The van der Waals surface area contributed by atoms with Crippen molar-refractivity contribution in [1.29, 1.82) is 0 Å². The van der Waals surface area contributed by atoms with E-state index in [0.717, 1.165) is 33.3 Å². The van der Waals surface area contributed by atoms with Gasteiger partial charge in [0, 0.05) is 11.8 Å². The van der Waals surface area contributed by atoms with Gasteiger partial charge in [-0.25, -0.2) is 4.98 Å². The van der Waals surface area contributed by atoms with Crippen molar-refractivity contribution in [3.8, 4) is 5.75 Å². The molecule has 114 valence electrons. The van der Waals surface area contributed by atoms with E-state index in [4.69, 9.17) is 4.74 Å². The number of fused-ring (bicyclic) bond motifs is 1. The van der Waals surface area contributed by atoms with Crippen LogP contribution in [0, 0.1) is 12.8 Å². The maximum atomic E-state index is 6.37. The first-order chi connectivity index (χ1) is 10.0. The molecule has 2 aromatic rings. The summed E-state index contributed by atoms with van der Waals surface area (Å²) in [5, 5.41) is 1.14. The predicted molar refractivity (Wildman–Crippen MR) is 88.3 cm³/mol. The molecular formula is C17H24N2OS. The summed E-state index contributed by atoms with van der Waals surface area (Å²) in [5.74, 6) is 2.24. The first-order valence-corrected chi connectivity index (χ1v) is 8.75. The highest BCUT2D eigenvalue weighted by atomic mass is 32.1. The van der Waals surface area contributed by atoms with E-state index < -0.39 is 0 Å². The van der Waals surface area contributed by atoms with Gasteiger partial charge in [0.2, 0.25) is 0 Å². The maximum Gasteiger partial charge on any atom is 0.147 e. The molecule has 0 amide bonds. The van der Waals surface area contributed by atoms with E-state index in [1.807, 2.05) is 6.92 Å². The number of ether oxygens (including phenoxy) is 1. The minimum Gasteiger partial charge on any atom is -0.490 e. The Labute approximate surface area is 130 Å². The van der Waals surface area contributed by atoms with E-state index in [1.165, 1.54) is 37.2 Å². The molecule has 0 saturated heterocycles. The molecule has 2 heterocycles. The molecule has 0 aliphatic heterocycles. The molecule has 0 radical (unpaired) electrons. The Balaban J connectivity index is 1.94. The summed E-state index contributed by atoms with van der Waals surface area (Å²) < 4.78 is 11.0. The van der Waals surface area contributed by atoms with E-state index in [9.17, 15) is 0 Å². The highest BCUT2D eigenvalue weighted by Crippen LogP contribution is 2.37. The van der Waals surface area contributed by atoms with Gasteiger partial charge in [-0.05, 0) is 56.0 Å². The molecule has 2 aromatic heterocycles. The smallest absolute Gasteiger partial charge is 0.147 e. The molecule has 0 spiro atoms. The zero-order valence-electron chi connectivity index (χ0n) is 13.3. The standard InChI is InChI=1S/C17H24N2OS/c1-10(2)16-15-14(9-12(4)18-17(15)21-19-16)20-13-7-5-11(3)6-8-13/h9-11,13H,5-8H2,1-4H3/t11-,13-. The Kier molecular flexibility index (Phi) is 4.16. The van der Waals surface area contributed by atoms with Crippen LogP contribution in [-0.4, -0.2) is 15.5 Å². The van der Waals surface area contributed by atoms with Gasteiger partial charge in [0.1, 0.15) is 10.6 Å². The predicted octanol–water partition coefficient (Wildman–Crippen LogP) is 5.08. The minimum absolute atomic E-state index is 0.353. The van der Waals surface area contributed by atoms with Gasteiger partial charge >= 0.3 is 0 Å². The average Bonchev–Trinajstić information content (AvgIpc) is 2.85. The fraction of sp³-hybridized carbons (Fsp3) is 0.647. The molecule has 1 aliphatic rings. The topological polar surface area (TPSA) is 35.0 Å². The lowest BCUT2D eigenvalue weighted by Crippen LogP contribution is -2.23. The van der Waals surface area contributed by atoms with Crippen molar-refractivity contribution in [3.05, 3.63) is 17.5 Å².